The van der Waals surface area contributed by atoms with Gasteiger partial charge in [-0.1, -0.05) is 66.7 Å². The van der Waals surface area contributed by atoms with E-state index in [4.69, 9.17) is 0 Å². The highest BCUT2D eigenvalue weighted by molar-refractivity contribution is 6.22. The van der Waals surface area contributed by atoms with E-state index >= 15 is 0 Å². The predicted octanol–water partition coefficient (Wildman–Crippen LogP) is 9.56. The number of fused-ring (bicyclic) bond motifs is 11. The SMILES string of the molecule is c1cc(-c2ccncc2)cc(-n2c3ccccc3c3cc4c5ccccc5n5c6ccccc6cc5c4cc32)c1. The molecule has 4 aromatic heterocycles. The summed E-state index contributed by atoms with van der Waals surface area (Å²) in [5, 5.41) is 7.60. The topological polar surface area (TPSA) is 22.2 Å². The highest BCUT2D eigenvalue weighted by Gasteiger charge is 2.17. The van der Waals surface area contributed by atoms with Gasteiger partial charge in [0.25, 0.3) is 0 Å². The Balaban J connectivity index is 1.46. The van der Waals surface area contributed by atoms with E-state index in [-0.39, 0.29) is 0 Å². The zero-order valence-corrected chi connectivity index (χ0v) is 21.6. The maximum absolute atomic E-state index is 4.21. The molecule has 4 heterocycles. The monoisotopic (exact) mass is 509 g/mol. The second-order valence-electron chi connectivity index (χ2n) is 10.5. The smallest absolute Gasteiger partial charge is 0.0548 e. The van der Waals surface area contributed by atoms with E-state index in [1.807, 2.05) is 12.4 Å². The van der Waals surface area contributed by atoms with Crippen molar-refractivity contribution >= 4 is 59.9 Å². The van der Waals surface area contributed by atoms with Gasteiger partial charge in [-0.3, -0.25) is 4.98 Å². The summed E-state index contributed by atoms with van der Waals surface area (Å²) in [4.78, 5) is 4.21. The van der Waals surface area contributed by atoms with Crippen LogP contribution in [-0.2, 0) is 0 Å². The van der Waals surface area contributed by atoms with Crippen LogP contribution in [0.15, 0.2) is 140 Å². The first kappa shape index (κ1) is 21.5. The summed E-state index contributed by atoms with van der Waals surface area (Å²) in [6.45, 7) is 0. The summed E-state index contributed by atoms with van der Waals surface area (Å²) in [5.41, 5.74) is 9.62. The van der Waals surface area contributed by atoms with Crippen molar-refractivity contribution in [2.24, 2.45) is 0 Å². The fourth-order valence-electron chi connectivity index (χ4n) is 6.61. The highest BCUT2D eigenvalue weighted by Crippen LogP contribution is 2.40. The number of pyridine rings is 2. The number of benzene rings is 5. The first-order valence-electron chi connectivity index (χ1n) is 13.6. The molecule has 0 aliphatic carbocycles. The van der Waals surface area contributed by atoms with Gasteiger partial charge in [-0.2, -0.15) is 0 Å². The quantitative estimate of drug-likeness (QED) is 0.213. The van der Waals surface area contributed by atoms with Gasteiger partial charge in [-0.25, -0.2) is 0 Å². The van der Waals surface area contributed by atoms with E-state index in [9.17, 15) is 0 Å². The summed E-state index contributed by atoms with van der Waals surface area (Å²) in [6, 6.07) is 46.4. The van der Waals surface area contributed by atoms with Crippen LogP contribution in [0.2, 0.25) is 0 Å². The molecule has 3 nitrogen and oxygen atoms in total. The summed E-state index contributed by atoms with van der Waals surface area (Å²) < 4.78 is 4.85. The fourth-order valence-corrected chi connectivity index (χ4v) is 6.61. The van der Waals surface area contributed by atoms with Gasteiger partial charge >= 0.3 is 0 Å². The fraction of sp³-hybridized carbons (Fsp3) is 0. The lowest BCUT2D eigenvalue weighted by atomic mass is 10.0. The van der Waals surface area contributed by atoms with Crippen molar-refractivity contribution in [2.75, 3.05) is 0 Å². The number of nitrogens with zero attached hydrogens (tertiary/aromatic N) is 3. The molecule has 0 aliphatic rings. The molecule has 0 spiro atoms. The second-order valence-corrected chi connectivity index (χ2v) is 10.5. The average molecular weight is 510 g/mol. The van der Waals surface area contributed by atoms with Crippen LogP contribution in [-0.4, -0.2) is 14.0 Å². The minimum atomic E-state index is 1.15. The molecule has 9 rings (SSSR count). The van der Waals surface area contributed by atoms with Crippen LogP contribution in [0.25, 0.3) is 76.7 Å². The van der Waals surface area contributed by atoms with E-state index in [0.29, 0.717) is 0 Å². The van der Waals surface area contributed by atoms with Crippen LogP contribution in [0, 0.1) is 0 Å². The molecule has 0 fully saturated rings. The summed E-state index contributed by atoms with van der Waals surface area (Å²) >= 11 is 0. The van der Waals surface area contributed by atoms with E-state index in [2.05, 4.69) is 141 Å². The second kappa shape index (κ2) is 8.05. The molecule has 186 valence electrons. The molecule has 5 aromatic carbocycles. The average Bonchev–Trinajstić information content (AvgIpc) is 3.57. The van der Waals surface area contributed by atoms with E-state index < -0.39 is 0 Å². The minimum absolute atomic E-state index is 1.15. The molecule has 9 aromatic rings. The van der Waals surface area contributed by atoms with Gasteiger partial charge < -0.3 is 8.97 Å². The number of rotatable bonds is 2. The Morgan fingerprint density at radius 1 is 0.400 bits per heavy atom. The van der Waals surface area contributed by atoms with Crippen LogP contribution in [0.3, 0.4) is 0 Å². The van der Waals surface area contributed by atoms with Gasteiger partial charge in [-0.05, 0) is 77.2 Å². The van der Waals surface area contributed by atoms with Gasteiger partial charge in [0.05, 0.1) is 27.6 Å². The maximum atomic E-state index is 4.21. The van der Waals surface area contributed by atoms with Crippen molar-refractivity contribution in [2.45, 2.75) is 0 Å². The lowest BCUT2D eigenvalue weighted by molar-refractivity contribution is 1.18. The Kier molecular flexibility index (Phi) is 4.33. The van der Waals surface area contributed by atoms with Crippen LogP contribution < -0.4 is 0 Å². The van der Waals surface area contributed by atoms with Crippen molar-refractivity contribution in [1.29, 1.82) is 0 Å². The van der Waals surface area contributed by atoms with Crippen molar-refractivity contribution in [3.05, 3.63) is 140 Å². The number of para-hydroxylation sites is 3. The van der Waals surface area contributed by atoms with E-state index in [0.717, 1.165) is 11.3 Å². The van der Waals surface area contributed by atoms with Crippen molar-refractivity contribution in [3.63, 3.8) is 0 Å². The number of hydrogen-bond acceptors (Lipinski definition) is 1. The lowest BCUT2D eigenvalue weighted by Gasteiger charge is -2.13. The normalized spacial score (nSPS) is 12.0. The molecular formula is C37H23N3. The van der Waals surface area contributed by atoms with E-state index in [1.54, 1.807) is 0 Å². The molecular weight excluding hydrogens is 486 g/mol. The molecule has 0 radical (unpaired) electrons. The molecule has 0 bridgehead atoms. The Morgan fingerprint density at radius 2 is 1.10 bits per heavy atom. The Labute approximate surface area is 230 Å². The van der Waals surface area contributed by atoms with Crippen LogP contribution >= 0.6 is 0 Å². The van der Waals surface area contributed by atoms with Crippen molar-refractivity contribution in [1.82, 2.24) is 14.0 Å². The summed E-state index contributed by atoms with van der Waals surface area (Å²) in [5.74, 6) is 0. The molecule has 0 unspecified atom stereocenters. The van der Waals surface area contributed by atoms with Crippen LogP contribution in [0.4, 0.5) is 0 Å². The van der Waals surface area contributed by atoms with Crippen molar-refractivity contribution < 1.29 is 0 Å². The first-order chi connectivity index (χ1) is 19.8. The van der Waals surface area contributed by atoms with Gasteiger partial charge in [0.1, 0.15) is 0 Å². The Morgan fingerprint density at radius 3 is 1.95 bits per heavy atom. The van der Waals surface area contributed by atoms with Gasteiger partial charge in [0.15, 0.2) is 0 Å². The number of hydrogen-bond donors (Lipinski definition) is 0. The standard InChI is InChI=1S/C37H23N3/c1-4-13-33-26(8-1)21-36-32-23-37-31(22-30(32)28-11-2-6-15-35(28)40(33)36)29-12-3-5-14-34(29)39(37)27-10-7-9-25(20-27)24-16-18-38-19-17-24/h1-23H. The van der Waals surface area contributed by atoms with E-state index in [1.165, 1.54) is 65.5 Å². The van der Waals surface area contributed by atoms with Crippen LogP contribution in [0.1, 0.15) is 0 Å². The third kappa shape index (κ3) is 2.92. The van der Waals surface area contributed by atoms with Gasteiger partial charge in [0.2, 0.25) is 0 Å². The first-order valence-corrected chi connectivity index (χ1v) is 13.6. The number of aromatic nitrogens is 3. The van der Waals surface area contributed by atoms with Gasteiger partial charge in [-0.15, -0.1) is 0 Å². The summed E-state index contributed by atoms with van der Waals surface area (Å²) in [7, 11) is 0. The molecule has 0 saturated heterocycles. The molecule has 0 N–H and O–H groups in total. The lowest BCUT2D eigenvalue weighted by Crippen LogP contribution is -1.95. The molecule has 0 amide bonds. The van der Waals surface area contributed by atoms with Crippen molar-refractivity contribution in [3.8, 4) is 16.8 Å². The summed E-state index contributed by atoms with van der Waals surface area (Å²) in [6.07, 6.45) is 3.71. The Hall–Kier alpha value is -5.41. The molecule has 3 heteroatoms. The third-order valence-corrected chi connectivity index (χ3v) is 8.35. The molecule has 0 saturated carbocycles. The third-order valence-electron chi connectivity index (χ3n) is 8.35. The Bertz CT molecular complexity index is 2430. The zero-order valence-electron chi connectivity index (χ0n) is 21.6. The molecule has 40 heavy (non-hydrogen) atoms. The predicted molar refractivity (Wildman–Crippen MR) is 167 cm³/mol. The molecule has 0 atom stereocenters. The maximum Gasteiger partial charge on any atom is 0.0548 e. The minimum Gasteiger partial charge on any atom is -0.309 e. The highest BCUT2D eigenvalue weighted by atomic mass is 15.0. The largest absolute Gasteiger partial charge is 0.309 e. The molecule has 0 aliphatic heterocycles. The van der Waals surface area contributed by atoms with Crippen LogP contribution in [0.5, 0.6) is 0 Å². The zero-order chi connectivity index (χ0) is 26.2. The van der Waals surface area contributed by atoms with Gasteiger partial charge in [0, 0.05) is 45.0 Å².